The molecular weight excluding hydrogens is 396 g/mol. The molecule has 0 fully saturated rings. The van der Waals surface area contributed by atoms with Crippen LogP contribution in [0.25, 0.3) is 0 Å². The van der Waals surface area contributed by atoms with Crippen LogP contribution in [-0.4, -0.2) is 37.7 Å². The van der Waals surface area contributed by atoms with Crippen LogP contribution in [0.15, 0.2) is 47.4 Å². The zero-order valence-corrected chi connectivity index (χ0v) is 15.7. The number of sulfonamides is 1. The molecular formula is C17H17F2N3O5S. The Morgan fingerprint density at radius 1 is 1.21 bits per heavy atom. The van der Waals surface area contributed by atoms with Gasteiger partial charge in [0, 0.05) is 19.2 Å². The van der Waals surface area contributed by atoms with E-state index in [1.54, 1.807) is 13.0 Å². The van der Waals surface area contributed by atoms with Crippen molar-refractivity contribution in [1.82, 2.24) is 9.62 Å². The number of carbonyl (C=O) groups excluding carboxylic acids is 1. The summed E-state index contributed by atoms with van der Waals surface area (Å²) in [6, 6.07) is 7.63. The van der Waals surface area contributed by atoms with Gasteiger partial charge in [0.1, 0.15) is 11.6 Å². The highest BCUT2D eigenvalue weighted by Gasteiger charge is 2.26. The number of nitrogens with zero attached hydrogens (tertiary/aromatic N) is 2. The number of carbonyl (C=O) groups is 1. The molecule has 0 aromatic heterocycles. The number of benzene rings is 2. The van der Waals surface area contributed by atoms with E-state index in [1.807, 2.05) is 4.72 Å². The lowest BCUT2D eigenvalue weighted by Crippen LogP contribution is -2.39. The van der Waals surface area contributed by atoms with Crippen molar-refractivity contribution in [2.24, 2.45) is 0 Å². The molecule has 0 spiro atoms. The lowest BCUT2D eigenvalue weighted by Gasteiger charge is -2.25. The van der Waals surface area contributed by atoms with Crippen molar-refractivity contribution in [3.63, 3.8) is 0 Å². The van der Waals surface area contributed by atoms with Crippen molar-refractivity contribution in [2.75, 3.05) is 13.6 Å². The van der Waals surface area contributed by atoms with E-state index in [2.05, 4.69) is 0 Å². The normalized spacial score (nSPS) is 12.4. The fourth-order valence-corrected chi connectivity index (χ4v) is 3.54. The Morgan fingerprint density at radius 3 is 2.36 bits per heavy atom. The van der Waals surface area contributed by atoms with Gasteiger partial charge in [0.15, 0.2) is 4.90 Å². The molecule has 28 heavy (non-hydrogen) atoms. The summed E-state index contributed by atoms with van der Waals surface area (Å²) in [7, 11) is -3.22. The first-order valence-corrected chi connectivity index (χ1v) is 9.46. The van der Waals surface area contributed by atoms with E-state index in [0.717, 1.165) is 18.2 Å². The molecule has 0 heterocycles. The van der Waals surface area contributed by atoms with Gasteiger partial charge in [-0.2, -0.15) is 0 Å². The minimum absolute atomic E-state index is 0.152. The second-order valence-electron chi connectivity index (χ2n) is 5.91. The third kappa shape index (κ3) is 4.67. The zero-order chi connectivity index (χ0) is 21.1. The Balaban J connectivity index is 2.12. The van der Waals surface area contributed by atoms with Gasteiger partial charge < -0.3 is 4.90 Å². The molecule has 0 saturated carbocycles. The SMILES string of the molecule is C[C@@H](c1cccc([N+](=O)[O-])c1)N(C)C(=O)CNS(=O)(=O)c1c(F)cccc1F. The van der Waals surface area contributed by atoms with Crippen LogP contribution in [0.1, 0.15) is 18.5 Å². The highest BCUT2D eigenvalue weighted by atomic mass is 32.2. The van der Waals surface area contributed by atoms with E-state index in [-0.39, 0.29) is 5.69 Å². The summed E-state index contributed by atoms with van der Waals surface area (Å²) in [4.78, 5) is 22.6. The van der Waals surface area contributed by atoms with Gasteiger partial charge >= 0.3 is 0 Å². The molecule has 0 aliphatic rings. The van der Waals surface area contributed by atoms with Gasteiger partial charge in [-0.3, -0.25) is 14.9 Å². The van der Waals surface area contributed by atoms with Gasteiger partial charge in [-0.25, -0.2) is 21.9 Å². The monoisotopic (exact) mass is 413 g/mol. The number of hydrogen-bond donors (Lipinski definition) is 1. The standard InChI is InChI=1S/C17H17F2N3O5S/c1-11(12-5-3-6-13(9-12)22(24)25)21(2)16(23)10-20-28(26,27)17-14(18)7-4-8-15(17)19/h3-9,11,20H,10H2,1-2H3/t11-/m0/s1. The lowest BCUT2D eigenvalue weighted by molar-refractivity contribution is -0.384. The Bertz CT molecular complexity index is 993. The van der Waals surface area contributed by atoms with Gasteiger partial charge in [0.25, 0.3) is 5.69 Å². The largest absolute Gasteiger partial charge is 0.338 e. The Morgan fingerprint density at radius 2 is 1.79 bits per heavy atom. The molecule has 0 bridgehead atoms. The van der Waals surface area contributed by atoms with Crippen LogP contribution in [0, 0.1) is 21.7 Å². The van der Waals surface area contributed by atoms with Crippen molar-refractivity contribution in [3.05, 3.63) is 69.8 Å². The van der Waals surface area contributed by atoms with Gasteiger partial charge in [-0.05, 0) is 24.6 Å². The summed E-state index contributed by atoms with van der Waals surface area (Å²) in [5.74, 6) is -3.25. The molecule has 2 aromatic rings. The number of hydrogen-bond acceptors (Lipinski definition) is 5. The zero-order valence-electron chi connectivity index (χ0n) is 14.9. The average Bonchev–Trinajstić information content (AvgIpc) is 2.64. The van der Waals surface area contributed by atoms with E-state index in [4.69, 9.17) is 0 Å². The second kappa shape index (κ2) is 8.40. The molecule has 1 amide bonds. The highest BCUT2D eigenvalue weighted by molar-refractivity contribution is 7.89. The Hall–Kier alpha value is -2.92. The third-order valence-electron chi connectivity index (χ3n) is 4.14. The number of nitro benzene ring substituents is 1. The van der Waals surface area contributed by atoms with Crippen molar-refractivity contribution in [1.29, 1.82) is 0 Å². The van der Waals surface area contributed by atoms with E-state index >= 15 is 0 Å². The first-order chi connectivity index (χ1) is 13.0. The summed E-state index contributed by atoms with van der Waals surface area (Å²) >= 11 is 0. The van der Waals surface area contributed by atoms with Gasteiger partial charge in [0.05, 0.1) is 17.5 Å². The molecule has 150 valence electrons. The highest BCUT2D eigenvalue weighted by Crippen LogP contribution is 2.23. The minimum atomic E-state index is -4.60. The quantitative estimate of drug-likeness (QED) is 0.554. The number of nitrogens with one attached hydrogen (secondary N) is 1. The summed E-state index contributed by atoms with van der Waals surface area (Å²) in [6.07, 6.45) is 0. The molecule has 8 nitrogen and oxygen atoms in total. The number of non-ortho nitro benzene ring substituents is 1. The van der Waals surface area contributed by atoms with Crippen molar-refractivity contribution in [3.8, 4) is 0 Å². The number of rotatable bonds is 7. The molecule has 1 N–H and O–H groups in total. The topological polar surface area (TPSA) is 110 Å². The van der Waals surface area contributed by atoms with E-state index in [1.165, 1.54) is 30.1 Å². The molecule has 0 aliphatic heterocycles. The van der Waals surface area contributed by atoms with Crippen LogP contribution >= 0.6 is 0 Å². The van der Waals surface area contributed by atoms with Gasteiger partial charge in [0.2, 0.25) is 15.9 Å². The predicted molar refractivity (Wildman–Crippen MR) is 95.8 cm³/mol. The van der Waals surface area contributed by atoms with Crippen LogP contribution in [0.2, 0.25) is 0 Å². The number of nitro groups is 1. The van der Waals surface area contributed by atoms with Crippen molar-refractivity contribution >= 4 is 21.6 Å². The Labute approximate surface area is 160 Å². The molecule has 0 aliphatic carbocycles. The number of amides is 1. The van der Waals surface area contributed by atoms with Crippen LogP contribution in [0.5, 0.6) is 0 Å². The van der Waals surface area contributed by atoms with Crippen LogP contribution < -0.4 is 4.72 Å². The average molecular weight is 413 g/mol. The first-order valence-electron chi connectivity index (χ1n) is 7.98. The molecule has 0 radical (unpaired) electrons. The first kappa shape index (κ1) is 21.4. The molecule has 0 saturated heterocycles. The van der Waals surface area contributed by atoms with Crippen molar-refractivity contribution in [2.45, 2.75) is 17.9 Å². The molecule has 11 heteroatoms. The smallest absolute Gasteiger partial charge is 0.269 e. The summed E-state index contributed by atoms with van der Waals surface area (Å²) in [5.41, 5.74) is 0.314. The fourth-order valence-electron chi connectivity index (χ4n) is 2.43. The predicted octanol–water partition coefficient (Wildman–Crippen LogP) is 2.37. The van der Waals surface area contributed by atoms with Crippen molar-refractivity contribution < 1.29 is 26.9 Å². The van der Waals surface area contributed by atoms with E-state index < -0.39 is 50.0 Å². The summed E-state index contributed by atoms with van der Waals surface area (Å²) in [6.45, 7) is 0.855. The van der Waals surface area contributed by atoms with Gasteiger partial charge in [-0.1, -0.05) is 18.2 Å². The Kier molecular flexibility index (Phi) is 6.41. The van der Waals surface area contributed by atoms with Gasteiger partial charge in [-0.15, -0.1) is 0 Å². The molecule has 2 rings (SSSR count). The second-order valence-corrected chi connectivity index (χ2v) is 7.61. The number of halogens is 2. The number of likely N-dealkylation sites (N-methyl/N-ethyl adjacent to an activating group) is 1. The lowest BCUT2D eigenvalue weighted by atomic mass is 10.1. The van der Waals surface area contributed by atoms with E-state index in [0.29, 0.717) is 5.56 Å². The maximum atomic E-state index is 13.7. The van der Waals surface area contributed by atoms with Crippen LogP contribution in [-0.2, 0) is 14.8 Å². The fraction of sp³-hybridized carbons (Fsp3) is 0.235. The third-order valence-corrected chi connectivity index (χ3v) is 5.59. The maximum Gasteiger partial charge on any atom is 0.269 e. The summed E-state index contributed by atoms with van der Waals surface area (Å²) < 4.78 is 53.5. The maximum absolute atomic E-state index is 13.7. The molecule has 0 unspecified atom stereocenters. The van der Waals surface area contributed by atoms with Crippen LogP contribution in [0.4, 0.5) is 14.5 Å². The molecule has 2 aromatic carbocycles. The molecule has 1 atom stereocenters. The summed E-state index contributed by atoms with van der Waals surface area (Å²) in [5, 5.41) is 10.9. The minimum Gasteiger partial charge on any atom is -0.338 e. The van der Waals surface area contributed by atoms with E-state index in [9.17, 15) is 32.1 Å². The van der Waals surface area contributed by atoms with Crippen LogP contribution in [0.3, 0.4) is 0 Å².